The van der Waals surface area contributed by atoms with Crippen molar-refractivity contribution in [2.24, 2.45) is 0 Å². The number of hydrogen-bond acceptors (Lipinski definition) is 3. The molecule has 114 valence electrons. The zero-order valence-corrected chi connectivity index (χ0v) is 11.7. The summed E-state index contributed by atoms with van der Waals surface area (Å²) in [5.74, 6) is -1.10. The number of rotatable bonds is 4. The van der Waals surface area contributed by atoms with Gasteiger partial charge in [0.15, 0.2) is 5.78 Å². The Morgan fingerprint density at radius 3 is 2.50 bits per heavy atom. The molecule has 2 aromatic carbocycles. The number of halogens is 2. The molecule has 0 radical (unpaired) electrons. The summed E-state index contributed by atoms with van der Waals surface area (Å²) in [4.78, 5) is 11.7. The fourth-order valence-corrected chi connectivity index (χ4v) is 2.67. The maximum atomic E-state index is 13.6. The van der Waals surface area contributed by atoms with Gasteiger partial charge in [-0.05, 0) is 24.6 Å². The number of aliphatic hydroxyl groups excluding tert-OH is 1. The number of fused-ring (bicyclic) bond motifs is 1. The van der Waals surface area contributed by atoms with Crippen molar-refractivity contribution in [2.75, 3.05) is 6.61 Å². The summed E-state index contributed by atoms with van der Waals surface area (Å²) in [6.45, 7) is -0.289. The Bertz CT molecular complexity index is 708. The van der Waals surface area contributed by atoms with Crippen LogP contribution in [-0.4, -0.2) is 17.5 Å². The predicted molar refractivity (Wildman–Crippen MR) is 75.9 cm³/mol. The van der Waals surface area contributed by atoms with Gasteiger partial charge in [0.25, 0.3) is 0 Å². The van der Waals surface area contributed by atoms with Gasteiger partial charge < -0.3 is 9.84 Å². The van der Waals surface area contributed by atoms with E-state index in [1.807, 2.05) is 0 Å². The van der Waals surface area contributed by atoms with Crippen LogP contribution < -0.4 is 4.74 Å². The molecule has 5 heteroatoms. The molecular weight excluding hydrogens is 290 g/mol. The molecule has 1 atom stereocenters. The van der Waals surface area contributed by atoms with Crippen molar-refractivity contribution in [2.45, 2.75) is 18.9 Å². The Balaban J connectivity index is 1.78. The van der Waals surface area contributed by atoms with Crippen molar-refractivity contribution in [3.8, 4) is 5.75 Å². The van der Waals surface area contributed by atoms with Gasteiger partial charge in [-0.15, -0.1) is 0 Å². The van der Waals surface area contributed by atoms with Crippen LogP contribution in [-0.2, 0) is 6.42 Å². The first kappa shape index (κ1) is 14.7. The van der Waals surface area contributed by atoms with Crippen LogP contribution in [0.1, 0.15) is 34.0 Å². The SMILES string of the molecule is O=C1CCc2c(OCC(O)c3c(F)cccc3F)cccc21. The average molecular weight is 304 g/mol. The van der Waals surface area contributed by atoms with E-state index in [0.717, 1.165) is 17.7 Å². The molecule has 1 aliphatic carbocycles. The first-order chi connectivity index (χ1) is 10.6. The van der Waals surface area contributed by atoms with E-state index in [4.69, 9.17) is 4.74 Å². The van der Waals surface area contributed by atoms with Gasteiger partial charge in [0.1, 0.15) is 30.1 Å². The largest absolute Gasteiger partial charge is 0.490 e. The van der Waals surface area contributed by atoms with Gasteiger partial charge in [0.05, 0.1) is 5.56 Å². The molecule has 0 heterocycles. The van der Waals surface area contributed by atoms with E-state index in [2.05, 4.69) is 0 Å². The minimum Gasteiger partial charge on any atom is -0.490 e. The fraction of sp³-hybridized carbons (Fsp3) is 0.235. The first-order valence-electron chi connectivity index (χ1n) is 6.98. The second kappa shape index (κ2) is 5.85. The Hall–Kier alpha value is -2.27. The lowest BCUT2D eigenvalue weighted by molar-refractivity contribution is 0.0994. The van der Waals surface area contributed by atoms with Crippen molar-refractivity contribution in [3.63, 3.8) is 0 Å². The molecule has 0 aliphatic heterocycles. The molecule has 2 aromatic rings. The first-order valence-corrected chi connectivity index (χ1v) is 6.98. The highest BCUT2D eigenvalue weighted by molar-refractivity contribution is 6.01. The molecule has 0 saturated carbocycles. The van der Waals surface area contributed by atoms with E-state index >= 15 is 0 Å². The van der Waals surface area contributed by atoms with E-state index in [-0.39, 0.29) is 12.4 Å². The minimum atomic E-state index is -1.42. The van der Waals surface area contributed by atoms with E-state index in [0.29, 0.717) is 24.2 Å². The van der Waals surface area contributed by atoms with Gasteiger partial charge >= 0.3 is 0 Å². The third kappa shape index (κ3) is 2.60. The topological polar surface area (TPSA) is 46.5 Å². The van der Waals surface area contributed by atoms with Crippen molar-refractivity contribution in [3.05, 3.63) is 64.7 Å². The fourth-order valence-electron chi connectivity index (χ4n) is 2.67. The third-order valence-corrected chi connectivity index (χ3v) is 3.77. The highest BCUT2D eigenvalue weighted by atomic mass is 19.1. The summed E-state index contributed by atoms with van der Waals surface area (Å²) in [5.41, 5.74) is 0.990. The maximum Gasteiger partial charge on any atom is 0.163 e. The maximum absolute atomic E-state index is 13.6. The Morgan fingerprint density at radius 2 is 1.77 bits per heavy atom. The van der Waals surface area contributed by atoms with Crippen LogP contribution >= 0.6 is 0 Å². The number of aliphatic hydroxyl groups is 1. The molecule has 1 unspecified atom stereocenters. The number of carbonyl (C=O) groups excluding carboxylic acids is 1. The number of Topliss-reactive ketones (excluding diaryl/α,β-unsaturated/α-hetero) is 1. The number of carbonyl (C=O) groups is 1. The van der Waals surface area contributed by atoms with E-state index < -0.39 is 23.3 Å². The predicted octanol–water partition coefficient (Wildman–Crippen LogP) is 3.21. The highest BCUT2D eigenvalue weighted by Gasteiger charge is 2.24. The van der Waals surface area contributed by atoms with Gasteiger partial charge in [-0.2, -0.15) is 0 Å². The second-order valence-corrected chi connectivity index (χ2v) is 5.17. The number of benzene rings is 2. The van der Waals surface area contributed by atoms with Gasteiger partial charge in [0, 0.05) is 17.5 Å². The van der Waals surface area contributed by atoms with Crippen LogP contribution in [0.3, 0.4) is 0 Å². The minimum absolute atomic E-state index is 0.0566. The van der Waals surface area contributed by atoms with Crippen molar-refractivity contribution < 1.29 is 23.4 Å². The second-order valence-electron chi connectivity index (χ2n) is 5.17. The lowest BCUT2D eigenvalue weighted by Gasteiger charge is -2.15. The number of hydrogen-bond donors (Lipinski definition) is 1. The molecule has 22 heavy (non-hydrogen) atoms. The summed E-state index contributed by atoms with van der Waals surface area (Å²) >= 11 is 0. The van der Waals surface area contributed by atoms with E-state index in [1.54, 1.807) is 18.2 Å². The zero-order chi connectivity index (χ0) is 15.7. The van der Waals surface area contributed by atoms with Crippen molar-refractivity contribution in [1.82, 2.24) is 0 Å². The zero-order valence-electron chi connectivity index (χ0n) is 11.7. The molecule has 0 aromatic heterocycles. The summed E-state index contributed by atoms with van der Waals surface area (Å²) in [6.07, 6.45) is -0.413. The van der Waals surface area contributed by atoms with Crippen LogP contribution in [0.5, 0.6) is 5.75 Å². The van der Waals surface area contributed by atoms with Crippen LogP contribution in [0.15, 0.2) is 36.4 Å². The lowest BCUT2D eigenvalue weighted by atomic mass is 10.1. The van der Waals surface area contributed by atoms with E-state index in [1.165, 1.54) is 6.07 Å². The highest BCUT2D eigenvalue weighted by Crippen LogP contribution is 2.31. The van der Waals surface area contributed by atoms with Crippen LogP contribution in [0.4, 0.5) is 8.78 Å². The lowest BCUT2D eigenvalue weighted by Crippen LogP contribution is -2.13. The molecule has 1 aliphatic rings. The summed E-state index contributed by atoms with van der Waals surface area (Å²) in [7, 11) is 0. The summed E-state index contributed by atoms with van der Waals surface area (Å²) in [5, 5.41) is 9.97. The van der Waals surface area contributed by atoms with Crippen molar-refractivity contribution in [1.29, 1.82) is 0 Å². The van der Waals surface area contributed by atoms with Crippen LogP contribution in [0.2, 0.25) is 0 Å². The van der Waals surface area contributed by atoms with Crippen LogP contribution in [0.25, 0.3) is 0 Å². The van der Waals surface area contributed by atoms with Gasteiger partial charge in [0.2, 0.25) is 0 Å². The molecule has 0 saturated heterocycles. The molecule has 0 spiro atoms. The molecular formula is C17H14F2O3. The Morgan fingerprint density at radius 1 is 1.09 bits per heavy atom. The van der Waals surface area contributed by atoms with E-state index in [9.17, 15) is 18.7 Å². The smallest absolute Gasteiger partial charge is 0.163 e. The summed E-state index contributed by atoms with van der Waals surface area (Å²) < 4.78 is 32.7. The molecule has 3 rings (SSSR count). The van der Waals surface area contributed by atoms with Crippen molar-refractivity contribution >= 4 is 5.78 Å². The standard InChI is InChI=1S/C17H14F2O3/c18-12-4-2-5-13(19)17(12)15(21)9-22-16-6-1-3-10-11(16)7-8-14(10)20/h1-6,15,21H,7-9H2. The molecule has 1 N–H and O–H groups in total. The molecule has 0 amide bonds. The summed E-state index contributed by atoms with van der Waals surface area (Å²) in [6, 6.07) is 8.50. The van der Waals surface area contributed by atoms with Gasteiger partial charge in [-0.3, -0.25) is 4.79 Å². The molecule has 0 fully saturated rings. The quantitative estimate of drug-likeness (QED) is 0.943. The van der Waals surface area contributed by atoms with Crippen LogP contribution in [0, 0.1) is 11.6 Å². The number of ketones is 1. The van der Waals surface area contributed by atoms with Gasteiger partial charge in [-0.1, -0.05) is 18.2 Å². The average Bonchev–Trinajstić information content (AvgIpc) is 2.87. The molecule has 3 nitrogen and oxygen atoms in total. The normalized spacial score (nSPS) is 14.8. The van der Waals surface area contributed by atoms with Gasteiger partial charge in [-0.25, -0.2) is 8.78 Å². The molecule has 0 bridgehead atoms. The number of ether oxygens (including phenoxy) is 1. The third-order valence-electron chi connectivity index (χ3n) is 3.77. The monoisotopic (exact) mass is 304 g/mol. The Labute approximate surface area is 126 Å². The Kier molecular flexibility index (Phi) is 3.90.